The molecule has 0 saturated carbocycles. The fourth-order valence-electron chi connectivity index (χ4n) is 3.50. The minimum absolute atomic E-state index is 0.0211. The fourth-order valence-corrected chi connectivity index (χ4v) is 3.62. The molecule has 156 valence electrons. The van der Waals surface area contributed by atoms with E-state index in [1.165, 1.54) is 23.3 Å². The van der Waals surface area contributed by atoms with Crippen molar-refractivity contribution in [2.45, 2.75) is 12.6 Å². The highest BCUT2D eigenvalue weighted by Gasteiger charge is 2.47. The Balaban J connectivity index is 1.77. The predicted octanol–water partition coefficient (Wildman–Crippen LogP) is 4.25. The van der Waals surface area contributed by atoms with Gasteiger partial charge in [0.2, 0.25) is 0 Å². The smallest absolute Gasteiger partial charge is 0.335 e. The highest BCUT2D eigenvalue weighted by atomic mass is 35.5. The molecule has 8 heteroatoms. The van der Waals surface area contributed by atoms with Crippen molar-refractivity contribution in [2.75, 3.05) is 0 Å². The lowest BCUT2D eigenvalue weighted by atomic mass is 9.99. The minimum Gasteiger partial charge on any atom is -0.507 e. The van der Waals surface area contributed by atoms with Gasteiger partial charge < -0.3 is 19.5 Å². The molecule has 1 amide bonds. The molecular weight excluding hydrogens is 422 g/mol. The first kappa shape index (κ1) is 20.4. The maximum atomic E-state index is 12.9. The number of hydrogen-bond donors (Lipinski definition) is 2. The number of likely N-dealkylation sites (tertiary alicyclic amines) is 1. The van der Waals surface area contributed by atoms with Crippen LogP contribution in [0.2, 0.25) is 5.02 Å². The van der Waals surface area contributed by atoms with Crippen LogP contribution in [0.4, 0.5) is 0 Å². The van der Waals surface area contributed by atoms with Crippen molar-refractivity contribution in [1.82, 2.24) is 4.90 Å². The molecule has 31 heavy (non-hydrogen) atoms. The number of hydrogen-bond acceptors (Lipinski definition) is 5. The molecule has 0 aliphatic carbocycles. The second-order valence-corrected chi connectivity index (χ2v) is 7.39. The van der Waals surface area contributed by atoms with Crippen LogP contribution in [-0.2, 0) is 16.1 Å². The summed E-state index contributed by atoms with van der Waals surface area (Å²) in [6, 6.07) is 14.5. The number of benzene rings is 2. The summed E-state index contributed by atoms with van der Waals surface area (Å²) in [6.07, 6.45) is 1.42. The number of carbonyl (C=O) groups excluding carboxylic acids is 2. The van der Waals surface area contributed by atoms with Crippen molar-refractivity contribution in [3.8, 4) is 0 Å². The van der Waals surface area contributed by atoms with Gasteiger partial charge in [0.15, 0.2) is 0 Å². The van der Waals surface area contributed by atoms with Gasteiger partial charge in [-0.05, 0) is 54.1 Å². The summed E-state index contributed by atoms with van der Waals surface area (Å²) < 4.78 is 5.48. The number of Topliss-reactive ketones (excluding diaryl/α,β-unsaturated/α-hetero) is 1. The average Bonchev–Trinajstić information content (AvgIpc) is 3.37. The molecule has 4 rings (SSSR count). The van der Waals surface area contributed by atoms with Crippen LogP contribution in [0.1, 0.15) is 33.3 Å². The molecule has 1 aliphatic rings. The normalized spacial score (nSPS) is 17.8. The number of carboxylic acid groups (broad SMARTS) is 1. The summed E-state index contributed by atoms with van der Waals surface area (Å²) in [5, 5.41) is 20.4. The third kappa shape index (κ3) is 3.83. The van der Waals surface area contributed by atoms with Crippen LogP contribution in [0.15, 0.2) is 76.9 Å². The molecule has 2 heterocycles. The molecule has 3 aromatic rings. The summed E-state index contributed by atoms with van der Waals surface area (Å²) in [6.45, 7) is 0.0211. The van der Waals surface area contributed by atoms with Crippen molar-refractivity contribution < 1.29 is 29.0 Å². The molecule has 0 radical (unpaired) electrons. The van der Waals surface area contributed by atoms with E-state index in [9.17, 15) is 19.5 Å². The van der Waals surface area contributed by atoms with Gasteiger partial charge >= 0.3 is 5.97 Å². The van der Waals surface area contributed by atoms with Gasteiger partial charge in [0.1, 0.15) is 17.6 Å². The lowest BCUT2D eigenvalue weighted by Crippen LogP contribution is -2.29. The molecular formula is C23H16ClNO6. The molecule has 0 spiro atoms. The van der Waals surface area contributed by atoms with Crippen LogP contribution in [0.3, 0.4) is 0 Å². The maximum absolute atomic E-state index is 12.9. The number of nitrogens with zero attached hydrogens (tertiary/aromatic N) is 1. The van der Waals surface area contributed by atoms with E-state index in [1.54, 1.807) is 48.5 Å². The van der Waals surface area contributed by atoms with E-state index in [1.807, 2.05) is 0 Å². The van der Waals surface area contributed by atoms with Gasteiger partial charge in [0.25, 0.3) is 11.7 Å². The van der Waals surface area contributed by atoms with E-state index in [4.69, 9.17) is 21.1 Å². The van der Waals surface area contributed by atoms with Crippen LogP contribution in [0.25, 0.3) is 5.76 Å². The summed E-state index contributed by atoms with van der Waals surface area (Å²) in [5.74, 6) is -2.71. The molecule has 1 fully saturated rings. The first-order valence-electron chi connectivity index (χ1n) is 9.27. The maximum Gasteiger partial charge on any atom is 0.335 e. The third-order valence-electron chi connectivity index (χ3n) is 5.02. The monoisotopic (exact) mass is 437 g/mol. The standard InChI is InChI=1S/C23H16ClNO6/c24-16-9-7-14(8-10-16)20(26)18-19(17-2-1-11-31-17)25(22(28)21(18)27)12-13-3-5-15(6-4-13)23(29)30/h1-11,19,26H,12H2,(H,29,30)/b20-18-. The van der Waals surface area contributed by atoms with E-state index in [-0.39, 0.29) is 23.4 Å². The van der Waals surface area contributed by atoms with E-state index in [2.05, 4.69) is 0 Å². The molecule has 0 bridgehead atoms. The number of amides is 1. The Hall–Kier alpha value is -3.84. The lowest BCUT2D eigenvalue weighted by molar-refractivity contribution is -0.140. The highest BCUT2D eigenvalue weighted by Crippen LogP contribution is 2.40. The largest absolute Gasteiger partial charge is 0.507 e. The summed E-state index contributed by atoms with van der Waals surface area (Å²) in [4.78, 5) is 38.1. The van der Waals surface area contributed by atoms with Gasteiger partial charge in [-0.15, -0.1) is 0 Å². The van der Waals surface area contributed by atoms with Crippen molar-refractivity contribution in [2.24, 2.45) is 0 Å². The minimum atomic E-state index is -1.06. The van der Waals surface area contributed by atoms with E-state index in [0.717, 1.165) is 0 Å². The second-order valence-electron chi connectivity index (χ2n) is 6.95. The zero-order valence-corrected chi connectivity index (χ0v) is 16.7. The molecule has 2 aromatic carbocycles. The Labute approximate surface area is 181 Å². The van der Waals surface area contributed by atoms with Crippen LogP contribution in [0, 0.1) is 0 Å². The number of carbonyl (C=O) groups is 3. The van der Waals surface area contributed by atoms with Crippen LogP contribution >= 0.6 is 11.6 Å². The van der Waals surface area contributed by atoms with E-state index in [0.29, 0.717) is 21.9 Å². The Kier molecular flexibility index (Phi) is 5.35. The molecule has 2 N–H and O–H groups in total. The number of aromatic carboxylic acids is 1. The van der Waals surface area contributed by atoms with Gasteiger partial charge in [0.05, 0.1) is 17.4 Å². The number of aliphatic hydroxyl groups is 1. The molecule has 1 atom stereocenters. The summed E-state index contributed by atoms with van der Waals surface area (Å²) in [7, 11) is 0. The SMILES string of the molecule is O=C1C(=O)N(Cc2ccc(C(=O)O)cc2)C(c2ccco2)/C1=C(/O)c1ccc(Cl)cc1. The number of rotatable bonds is 5. The number of furan rings is 1. The molecule has 1 aliphatic heterocycles. The van der Waals surface area contributed by atoms with Gasteiger partial charge in [-0.25, -0.2) is 4.79 Å². The third-order valence-corrected chi connectivity index (χ3v) is 5.28. The average molecular weight is 438 g/mol. The van der Waals surface area contributed by atoms with Crippen LogP contribution in [-0.4, -0.2) is 32.8 Å². The first-order chi connectivity index (χ1) is 14.9. The van der Waals surface area contributed by atoms with Crippen LogP contribution in [0.5, 0.6) is 0 Å². The predicted molar refractivity (Wildman–Crippen MR) is 111 cm³/mol. The van der Waals surface area contributed by atoms with E-state index < -0.39 is 23.7 Å². The van der Waals surface area contributed by atoms with Crippen molar-refractivity contribution in [3.05, 3.63) is 100.0 Å². The number of aliphatic hydroxyl groups excluding tert-OH is 1. The second kappa shape index (κ2) is 8.12. The zero-order chi connectivity index (χ0) is 22.1. The highest BCUT2D eigenvalue weighted by molar-refractivity contribution is 6.46. The first-order valence-corrected chi connectivity index (χ1v) is 9.64. The Morgan fingerprint density at radius 2 is 1.61 bits per heavy atom. The molecule has 1 unspecified atom stereocenters. The number of ketones is 1. The fraction of sp³-hybridized carbons (Fsp3) is 0.0870. The Morgan fingerprint density at radius 3 is 2.19 bits per heavy atom. The van der Waals surface area contributed by atoms with Crippen LogP contribution < -0.4 is 0 Å². The van der Waals surface area contributed by atoms with Crippen molar-refractivity contribution >= 4 is 35.0 Å². The molecule has 7 nitrogen and oxygen atoms in total. The summed E-state index contributed by atoms with van der Waals surface area (Å²) >= 11 is 5.90. The van der Waals surface area contributed by atoms with Gasteiger partial charge in [-0.2, -0.15) is 0 Å². The molecule has 1 aromatic heterocycles. The van der Waals surface area contributed by atoms with Gasteiger partial charge in [-0.1, -0.05) is 23.7 Å². The Bertz CT molecular complexity index is 1180. The van der Waals surface area contributed by atoms with Gasteiger partial charge in [0, 0.05) is 17.1 Å². The van der Waals surface area contributed by atoms with Crippen molar-refractivity contribution in [1.29, 1.82) is 0 Å². The summed E-state index contributed by atoms with van der Waals surface area (Å²) in [5.41, 5.74) is 0.972. The van der Waals surface area contributed by atoms with Crippen molar-refractivity contribution in [3.63, 3.8) is 0 Å². The molecule has 1 saturated heterocycles. The Morgan fingerprint density at radius 1 is 0.968 bits per heavy atom. The van der Waals surface area contributed by atoms with Gasteiger partial charge in [-0.3, -0.25) is 9.59 Å². The lowest BCUT2D eigenvalue weighted by Gasteiger charge is -2.23. The number of carboxylic acids is 1. The van der Waals surface area contributed by atoms with E-state index >= 15 is 0 Å². The number of halogens is 1. The quantitative estimate of drug-likeness (QED) is 0.351. The zero-order valence-electron chi connectivity index (χ0n) is 16.0. The topological polar surface area (TPSA) is 108 Å².